The minimum absolute atomic E-state index is 0.134. The van der Waals surface area contributed by atoms with Crippen LogP contribution >= 0.6 is 11.3 Å². The fourth-order valence-corrected chi connectivity index (χ4v) is 6.27. The Hall–Kier alpha value is -2.66. The summed E-state index contributed by atoms with van der Waals surface area (Å²) < 4.78 is 6.21. The van der Waals surface area contributed by atoms with Gasteiger partial charge in [-0.2, -0.15) is 0 Å². The van der Waals surface area contributed by atoms with Crippen molar-refractivity contribution < 1.29 is 14.6 Å². The number of hydrogen-bond donors (Lipinski definition) is 1. The van der Waals surface area contributed by atoms with Gasteiger partial charge in [-0.05, 0) is 104 Å². The lowest BCUT2D eigenvalue weighted by molar-refractivity contribution is -0.137. The molecule has 32 heavy (non-hydrogen) atoms. The van der Waals surface area contributed by atoms with Crippen LogP contribution in [0.1, 0.15) is 66.7 Å². The molecule has 0 radical (unpaired) electrons. The van der Waals surface area contributed by atoms with Gasteiger partial charge < -0.3 is 9.84 Å². The lowest BCUT2D eigenvalue weighted by Gasteiger charge is -2.15. The van der Waals surface area contributed by atoms with Gasteiger partial charge in [0.1, 0.15) is 10.8 Å². The van der Waals surface area contributed by atoms with E-state index in [4.69, 9.17) is 9.72 Å². The van der Waals surface area contributed by atoms with E-state index in [9.17, 15) is 9.90 Å². The third kappa shape index (κ3) is 4.06. The van der Waals surface area contributed by atoms with Crippen molar-refractivity contribution in [3.05, 3.63) is 58.8 Å². The second-order valence-corrected chi connectivity index (χ2v) is 10.2. The molecule has 3 aromatic rings. The van der Waals surface area contributed by atoms with E-state index in [-0.39, 0.29) is 12.3 Å². The Morgan fingerprint density at radius 3 is 2.72 bits per heavy atom. The van der Waals surface area contributed by atoms with Crippen LogP contribution in [0.15, 0.2) is 36.5 Å². The molecular weight excluding hydrogens is 418 g/mol. The van der Waals surface area contributed by atoms with Gasteiger partial charge >= 0.3 is 5.97 Å². The molecule has 4 nitrogen and oxygen atoms in total. The topological polar surface area (TPSA) is 59.4 Å². The molecule has 166 valence electrons. The lowest BCUT2D eigenvalue weighted by Crippen LogP contribution is -2.11. The average molecular weight is 448 g/mol. The van der Waals surface area contributed by atoms with Crippen LogP contribution in [0.2, 0.25) is 0 Å². The normalized spacial score (nSPS) is 18.1. The highest BCUT2D eigenvalue weighted by atomic mass is 32.1. The van der Waals surface area contributed by atoms with Crippen LogP contribution in [0.5, 0.6) is 5.75 Å². The summed E-state index contributed by atoms with van der Waals surface area (Å²) in [6, 6.07) is 10.7. The van der Waals surface area contributed by atoms with E-state index in [2.05, 4.69) is 44.2 Å². The molecule has 0 amide bonds. The van der Waals surface area contributed by atoms with Crippen molar-refractivity contribution in [2.45, 2.75) is 70.8 Å². The van der Waals surface area contributed by atoms with Crippen LogP contribution in [0.4, 0.5) is 0 Å². The van der Waals surface area contributed by atoms with Gasteiger partial charge in [-0.3, -0.25) is 4.79 Å². The predicted molar refractivity (Wildman–Crippen MR) is 129 cm³/mol. The Labute approximate surface area is 193 Å². The second-order valence-electron chi connectivity index (χ2n) is 9.17. The molecule has 0 spiro atoms. The van der Waals surface area contributed by atoms with Crippen molar-refractivity contribution in [1.29, 1.82) is 0 Å². The molecule has 2 aliphatic rings. The van der Waals surface area contributed by atoms with E-state index in [1.807, 2.05) is 6.20 Å². The largest absolute Gasteiger partial charge is 0.490 e. The minimum Gasteiger partial charge on any atom is -0.490 e. The van der Waals surface area contributed by atoms with Gasteiger partial charge in [-0.1, -0.05) is 12.1 Å². The maximum Gasteiger partial charge on any atom is 0.303 e. The molecule has 0 saturated heterocycles. The number of ether oxygens (including phenoxy) is 1. The van der Waals surface area contributed by atoms with Crippen LogP contribution in [0.3, 0.4) is 0 Å². The summed E-state index contributed by atoms with van der Waals surface area (Å²) in [7, 11) is 0. The molecule has 5 rings (SSSR count). The first-order valence-corrected chi connectivity index (χ1v) is 12.4. The highest BCUT2D eigenvalue weighted by Crippen LogP contribution is 2.42. The number of nitrogens with zero attached hydrogens (tertiary/aromatic N) is 1. The first-order chi connectivity index (χ1) is 15.5. The summed E-state index contributed by atoms with van der Waals surface area (Å²) in [4.78, 5) is 17.1. The zero-order valence-electron chi connectivity index (χ0n) is 18.7. The van der Waals surface area contributed by atoms with Gasteiger partial charge in [0.25, 0.3) is 0 Å². The molecular formula is C27H29NO3S. The average Bonchev–Trinajstić information content (AvgIpc) is 3.51. The van der Waals surface area contributed by atoms with Gasteiger partial charge in [0.15, 0.2) is 0 Å². The van der Waals surface area contributed by atoms with Crippen LogP contribution in [-0.4, -0.2) is 22.2 Å². The van der Waals surface area contributed by atoms with Gasteiger partial charge in [0.05, 0.1) is 17.4 Å². The third-order valence-corrected chi connectivity index (χ3v) is 8.11. The highest BCUT2D eigenvalue weighted by molar-refractivity contribution is 7.18. The number of carboxylic acids is 1. The molecule has 1 atom stereocenters. The number of aliphatic carboxylic acids is 1. The summed E-state index contributed by atoms with van der Waals surface area (Å²) in [5, 5.41) is 10.2. The van der Waals surface area contributed by atoms with Crippen molar-refractivity contribution in [1.82, 2.24) is 4.98 Å². The fourth-order valence-electron chi connectivity index (χ4n) is 5.27. The molecule has 0 aliphatic heterocycles. The molecule has 2 aliphatic carbocycles. The molecule has 5 heteroatoms. The number of hydrogen-bond acceptors (Lipinski definition) is 4. The fraction of sp³-hybridized carbons (Fsp3) is 0.407. The van der Waals surface area contributed by atoms with Crippen molar-refractivity contribution >= 4 is 17.3 Å². The Bertz CT molecular complexity index is 1160. The van der Waals surface area contributed by atoms with Gasteiger partial charge in [-0.25, -0.2) is 4.98 Å². The van der Waals surface area contributed by atoms with E-state index in [1.54, 1.807) is 11.3 Å². The smallest absolute Gasteiger partial charge is 0.303 e. The Morgan fingerprint density at radius 2 is 1.97 bits per heavy atom. The van der Waals surface area contributed by atoms with E-state index in [0.29, 0.717) is 6.10 Å². The van der Waals surface area contributed by atoms with Crippen molar-refractivity contribution in [3.8, 4) is 26.8 Å². The Balaban J connectivity index is 1.38. The number of aromatic nitrogens is 1. The SMILES string of the molecule is Cc1cc(-c2cnc(-c3ccc4c(c3C)CCC4CC(=O)O)s2)ccc1OC1CCCC1. The summed E-state index contributed by atoms with van der Waals surface area (Å²) in [6.07, 6.45) is 9.29. The maximum absolute atomic E-state index is 11.2. The third-order valence-electron chi connectivity index (χ3n) is 7.03. The van der Waals surface area contributed by atoms with E-state index in [0.717, 1.165) is 46.9 Å². The number of carboxylic acid groups (broad SMARTS) is 1. The van der Waals surface area contributed by atoms with Crippen LogP contribution in [-0.2, 0) is 11.2 Å². The number of thiazole rings is 1. The van der Waals surface area contributed by atoms with Gasteiger partial charge in [0.2, 0.25) is 0 Å². The minimum atomic E-state index is -0.718. The van der Waals surface area contributed by atoms with E-state index >= 15 is 0 Å². The first-order valence-electron chi connectivity index (χ1n) is 11.6. The zero-order valence-corrected chi connectivity index (χ0v) is 19.5. The molecule has 1 aromatic heterocycles. The second kappa shape index (κ2) is 8.70. The van der Waals surface area contributed by atoms with Crippen molar-refractivity contribution in [2.75, 3.05) is 0 Å². The molecule has 0 bridgehead atoms. The Kier molecular flexibility index (Phi) is 5.76. The number of aryl methyl sites for hydroxylation is 1. The summed E-state index contributed by atoms with van der Waals surface area (Å²) in [5.41, 5.74) is 7.27. The predicted octanol–water partition coefficient (Wildman–Crippen LogP) is 6.92. The van der Waals surface area contributed by atoms with Crippen LogP contribution < -0.4 is 4.74 Å². The number of rotatable bonds is 6. The monoisotopic (exact) mass is 447 g/mol. The van der Waals surface area contributed by atoms with E-state index in [1.165, 1.54) is 40.7 Å². The van der Waals surface area contributed by atoms with Crippen molar-refractivity contribution in [2.24, 2.45) is 0 Å². The molecule has 1 unspecified atom stereocenters. The molecule has 1 fully saturated rings. The quantitative estimate of drug-likeness (QED) is 0.445. The number of benzene rings is 2. The molecule has 1 saturated carbocycles. The highest BCUT2D eigenvalue weighted by Gasteiger charge is 2.27. The van der Waals surface area contributed by atoms with Crippen LogP contribution in [0.25, 0.3) is 21.0 Å². The zero-order chi connectivity index (χ0) is 22.2. The molecule has 2 aromatic carbocycles. The summed E-state index contributed by atoms with van der Waals surface area (Å²) >= 11 is 1.71. The summed E-state index contributed by atoms with van der Waals surface area (Å²) in [5.74, 6) is 0.412. The summed E-state index contributed by atoms with van der Waals surface area (Å²) in [6.45, 7) is 4.27. The Morgan fingerprint density at radius 1 is 1.16 bits per heavy atom. The maximum atomic E-state index is 11.2. The van der Waals surface area contributed by atoms with Gasteiger partial charge in [0, 0.05) is 11.8 Å². The standard InChI is InChI=1S/C27H29NO3S/c1-16-13-19(8-12-24(16)31-20-5-3-4-6-20)25-15-28-27(32-25)22-10-11-23-18(14-26(29)30)7-9-21(23)17(22)2/h8,10-13,15,18,20H,3-7,9,14H2,1-2H3,(H,29,30). The lowest BCUT2D eigenvalue weighted by atomic mass is 9.94. The number of fused-ring (bicyclic) bond motifs is 1. The first kappa shape index (κ1) is 21.2. The van der Waals surface area contributed by atoms with Gasteiger partial charge in [-0.15, -0.1) is 11.3 Å². The van der Waals surface area contributed by atoms with Crippen molar-refractivity contribution in [3.63, 3.8) is 0 Å². The van der Waals surface area contributed by atoms with Crippen LogP contribution in [0, 0.1) is 13.8 Å². The molecule has 1 N–H and O–H groups in total. The number of carbonyl (C=O) groups is 1. The molecule has 1 heterocycles. The van der Waals surface area contributed by atoms with E-state index < -0.39 is 5.97 Å².